The number of allylic oxidation sites excluding steroid dienone is 1. The van der Waals surface area contributed by atoms with E-state index in [0.29, 0.717) is 41.1 Å². The summed E-state index contributed by atoms with van der Waals surface area (Å²) in [7, 11) is 0. The zero-order chi connectivity index (χ0) is 23.8. The van der Waals surface area contributed by atoms with Gasteiger partial charge >= 0.3 is 5.97 Å². The number of hydrogen-bond acceptors (Lipinski definition) is 3. The molecule has 0 radical (unpaired) electrons. The topological polar surface area (TPSA) is 43.4 Å². The van der Waals surface area contributed by atoms with Crippen molar-refractivity contribution < 1.29 is 14.3 Å². The van der Waals surface area contributed by atoms with E-state index in [2.05, 4.69) is 33.6 Å². The minimum Gasteiger partial charge on any atom is -0.466 e. The van der Waals surface area contributed by atoms with Crippen molar-refractivity contribution in [2.75, 3.05) is 6.61 Å². The third-order valence-corrected chi connectivity index (χ3v) is 11.3. The Hall–Kier alpha value is -1.08. The molecule has 0 amide bonds. The maximum absolute atomic E-state index is 12.2. The number of rotatable bonds is 7. The highest BCUT2D eigenvalue weighted by Crippen LogP contribution is 2.69. The van der Waals surface area contributed by atoms with Crippen molar-refractivity contribution in [2.24, 2.45) is 52.3 Å². The van der Waals surface area contributed by atoms with Gasteiger partial charge < -0.3 is 4.74 Å². The number of carbonyl (C=O) groups is 1. The summed E-state index contributed by atoms with van der Waals surface area (Å²) in [5.74, 6) is 6.91. The second kappa shape index (κ2) is 9.88. The Kier molecular flexibility index (Phi) is 7.50. The molecule has 0 aromatic rings. The van der Waals surface area contributed by atoms with Crippen molar-refractivity contribution in [3.05, 3.63) is 5.57 Å². The van der Waals surface area contributed by atoms with Crippen LogP contribution in [0.15, 0.2) is 5.57 Å². The van der Waals surface area contributed by atoms with Crippen LogP contribution in [-0.4, -0.2) is 18.5 Å². The molecule has 4 fully saturated rings. The normalized spacial score (nSPS) is 41.8. The molecule has 0 heterocycles. The van der Waals surface area contributed by atoms with E-state index in [4.69, 9.17) is 4.74 Å². The van der Waals surface area contributed by atoms with Crippen LogP contribution in [0.2, 0.25) is 0 Å². The third kappa shape index (κ3) is 4.61. The van der Waals surface area contributed by atoms with Crippen molar-refractivity contribution in [1.29, 1.82) is 0 Å². The first kappa shape index (κ1) is 25.0. The van der Waals surface area contributed by atoms with Gasteiger partial charge in [0, 0.05) is 12.5 Å². The Balaban J connectivity index is 1.42. The maximum atomic E-state index is 12.2. The van der Waals surface area contributed by atoms with Crippen molar-refractivity contribution in [1.82, 2.24) is 0 Å². The van der Waals surface area contributed by atoms with Crippen LogP contribution in [0.4, 0.5) is 0 Å². The van der Waals surface area contributed by atoms with Crippen molar-refractivity contribution in [3.63, 3.8) is 0 Å². The van der Waals surface area contributed by atoms with E-state index < -0.39 is 0 Å². The number of hydrogen-bond donors (Lipinski definition) is 0. The molecule has 4 aliphatic rings. The summed E-state index contributed by atoms with van der Waals surface area (Å²) in [6.07, 6.45) is 15.4. The fourth-order valence-corrected chi connectivity index (χ4v) is 9.44. The molecule has 33 heavy (non-hydrogen) atoms. The van der Waals surface area contributed by atoms with Crippen LogP contribution >= 0.6 is 0 Å². The standard InChI is InChI=1S/C30H48O3/c1-20(19-33-22(3)32)9-8-10-21(2)25-12-13-26-28-23(18-31)17-24-11-6-7-15-29(24,4)27(28)14-16-30(25,26)5/h20-21,24-28H,6-17,19H2,1-5H3/t20?,21-,24?,25-,26+,27+,28+,29+,30-/m1/s1. The Morgan fingerprint density at radius 3 is 2.52 bits per heavy atom. The van der Waals surface area contributed by atoms with Crippen LogP contribution in [0.3, 0.4) is 0 Å². The molecule has 0 aliphatic heterocycles. The first-order valence-corrected chi connectivity index (χ1v) is 14.1. The monoisotopic (exact) mass is 456 g/mol. The molecular weight excluding hydrogens is 408 g/mol. The van der Waals surface area contributed by atoms with Gasteiger partial charge in [0.2, 0.25) is 0 Å². The fourth-order valence-electron chi connectivity index (χ4n) is 9.44. The van der Waals surface area contributed by atoms with E-state index in [-0.39, 0.29) is 5.97 Å². The molecule has 4 saturated carbocycles. The van der Waals surface area contributed by atoms with Crippen LogP contribution in [-0.2, 0) is 14.3 Å². The Morgan fingerprint density at radius 2 is 1.79 bits per heavy atom. The van der Waals surface area contributed by atoms with Crippen molar-refractivity contribution in [2.45, 2.75) is 112 Å². The van der Waals surface area contributed by atoms with Crippen molar-refractivity contribution in [3.8, 4) is 0 Å². The van der Waals surface area contributed by atoms with E-state index in [9.17, 15) is 9.59 Å². The van der Waals surface area contributed by atoms with Crippen LogP contribution < -0.4 is 0 Å². The smallest absolute Gasteiger partial charge is 0.302 e. The van der Waals surface area contributed by atoms with E-state index >= 15 is 0 Å². The summed E-state index contributed by atoms with van der Waals surface area (Å²) in [5, 5.41) is 0. The molecule has 0 bridgehead atoms. The van der Waals surface area contributed by atoms with Gasteiger partial charge in [-0.3, -0.25) is 4.79 Å². The van der Waals surface area contributed by atoms with E-state index in [1.54, 1.807) is 0 Å². The number of fused-ring (bicyclic) bond motifs is 5. The SMILES string of the molecule is CC(=O)OCC(C)CCC[C@@H](C)[C@H]1CC[C@H]2[C@@H]3C(=C=O)CC4CCCC[C@]4(C)[C@H]3CC[C@]12C. The molecule has 186 valence electrons. The molecule has 2 unspecified atom stereocenters. The molecule has 4 aliphatic carbocycles. The van der Waals surface area contributed by atoms with Crippen LogP contribution in [0.25, 0.3) is 0 Å². The number of ether oxygens (including phenoxy) is 1. The minimum absolute atomic E-state index is 0.171. The molecule has 3 heteroatoms. The fraction of sp³-hybridized carbons (Fsp3) is 0.900. The average molecular weight is 457 g/mol. The lowest BCUT2D eigenvalue weighted by molar-refractivity contribution is -0.142. The van der Waals surface area contributed by atoms with Gasteiger partial charge in [0.25, 0.3) is 0 Å². The molecule has 0 spiro atoms. The van der Waals surface area contributed by atoms with Gasteiger partial charge in [-0.1, -0.05) is 53.4 Å². The summed E-state index contributed by atoms with van der Waals surface area (Å²) in [6, 6.07) is 0. The maximum Gasteiger partial charge on any atom is 0.302 e. The average Bonchev–Trinajstić information content (AvgIpc) is 3.14. The lowest BCUT2D eigenvalue weighted by Crippen LogP contribution is -2.54. The van der Waals surface area contributed by atoms with Gasteiger partial charge in [-0.05, 0) is 104 Å². The minimum atomic E-state index is -0.171. The highest BCUT2D eigenvalue weighted by molar-refractivity contribution is 5.65. The van der Waals surface area contributed by atoms with E-state index in [1.807, 2.05) is 0 Å². The first-order chi connectivity index (χ1) is 15.7. The first-order valence-electron chi connectivity index (χ1n) is 14.1. The van der Waals surface area contributed by atoms with Gasteiger partial charge in [-0.25, -0.2) is 4.79 Å². The Morgan fingerprint density at radius 1 is 1.03 bits per heavy atom. The van der Waals surface area contributed by atoms with Gasteiger partial charge in [0.05, 0.1) is 6.61 Å². The van der Waals surface area contributed by atoms with Gasteiger partial charge in [0.15, 0.2) is 0 Å². The number of carbonyl (C=O) groups excluding carboxylic acids is 2. The molecule has 9 atom stereocenters. The zero-order valence-corrected chi connectivity index (χ0v) is 22.0. The van der Waals surface area contributed by atoms with Gasteiger partial charge in [0.1, 0.15) is 5.94 Å². The lowest BCUT2D eigenvalue weighted by Gasteiger charge is -2.60. The van der Waals surface area contributed by atoms with Crippen LogP contribution in [0.5, 0.6) is 0 Å². The lowest BCUT2D eigenvalue weighted by atomic mass is 9.43. The molecule has 0 aromatic carbocycles. The van der Waals surface area contributed by atoms with E-state index in [1.165, 1.54) is 76.7 Å². The van der Waals surface area contributed by atoms with Gasteiger partial charge in [-0.2, -0.15) is 0 Å². The largest absolute Gasteiger partial charge is 0.466 e. The molecule has 4 rings (SSSR count). The second-order valence-electron chi connectivity index (χ2n) is 13.1. The summed E-state index contributed by atoms with van der Waals surface area (Å²) in [4.78, 5) is 23.3. The quantitative estimate of drug-likeness (QED) is 0.296. The van der Waals surface area contributed by atoms with Crippen molar-refractivity contribution >= 4 is 11.9 Å². The zero-order valence-electron chi connectivity index (χ0n) is 22.0. The molecule has 0 saturated heterocycles. The number of esters is 1. The Bertz CT molecular complexity index is 767. The summed E-state index contributed by atoms with van der Waals surface area (Å²) >= 11 is 0. The highest BCUT2D eigenvalue weighted by Gasteiger charge is 2.61. The predicted octanol–water partition coefficient (Wildman–Crippen LogP) is 7.41. The second-order valence-corrected chi connectivity index (χ2v) is 13.1. The summed E-state index contributed by atoms with van der Waals surface area (Å²) in [6.45, 7) is 11.9. The van der Waals surface area contributed by atoms with E-state index in [0.717, 1.165) is 30.6 Å². The van der Waals surface area contributed by atoms with Crippen LogP contribution in [0.1, 0.15) is 112 Å². The Labute approximate surface area is 202 Å². The molecule has 0 N–H and O–H groups in total. The van der Waals surface area contributed by atoms with Crippen LogP contribution in [0, 0.1) is 52.3 Å². The summed E-state index contributed by atoms with van der Waals surface area (Å²) in [5.41, 5.74) is 2.00. The van der Waals surface area contributed by atoms with Gasteiger partial charge in [-0.15, -0.1) is 0 Å². The molecule has 0 aromatic heterocycles. The highest BCUT2D eigenvalue weighted by atomic mass is 16.5. The third-order valence-electron chi connectivity index (χ3n) is 11.3. The predicted molar refractivity (Wildman–Crippen MR) is 133 cm³/mol. The molecule has 3 nitrogen and oxygen atoms in total. The summed E-state index contributed by atoms with van der Waals surface area (Å²) < 4.78 is 5.19. The molecular formula is C30H48O3.